The normalized spacial score (nSPS) is 12.1. The summed E-state index contributed by atoms with van der Waals surface area (Å²) in [5.74, 6) is 0.805. The van der Waals surface area contributed by atoms with Crippen molar-refractivity contribution in [3.8, 4) is 5.69 Å². The van der Waals surface area contributed by atoms with Crippen LogP contribution < -0.4 is 15.7 Å². The lowest BCUT2D eigenvalue weighted by Gasteiger charge is -2.19. The predicted molar refractivity (Wildman–Crippen MR) is 149 cm³/mol. The van der Waals surface area contributed by atoms with Crippen LogP contribution in [0.5, 0.6) is 0 Å². The molecule has 0 unspecified atom stereocenters. The predicted octanol–water partition coefficient (Wildman–Crippen LogP) is 5.24. The maximum Gasteiger partial charge on any atom is 0.407 e. The number of benzene rings is 1. The maximum absolute atomic E-state index is 13.0. The number of carbonyl (C=O) groups excluding carboxylic acids is 1. The van der Waals surface area contributed by atoms with Crippen molar-refractivity contribution >= 4 is 45.0 Å². The average molecular weight is 567 g/mol. The molecule has 2 aliphatic heterocycles. The van der Waals surface area contributed by atoms with Crippen LogP contribution in [-0.2, 0) is 14.8 Å². The van der Waals surface area contributed by atoms with Crippen LogP contribution >= 0.6 is 23.1 Å². The quantitative estimate of drug-likeness (QED) is 0.254. The maximum atomic E-state index is 13.0. The Labute approximate surface area is 226 Å². The topological polar surface area (TPSA) is 119 Å². The lowest BCUT2D eigenvalue weighted by molar-refractivity contribution is 0.0527. The molecule has 202 valence electrons. The molecule has 1 amide bonds. The Bertz CT molecular complexity index is 1370. The summed E-state index contributed by atoms with van der Waals surface area (Å²) in [5, 5.41) is 2.76. The molecule has 37 heavy (non-hydrogen) atoms. The highest BCUT2D eigenvalue weighted by molar-refractivity contribution is 8.01. The zero-order valence-corrected chi connectivity index (χ0v) is 24.5. The van der Waals surface area contributed by atoms with Crippen LogP contribution in [0.4, 0.5) is 10.6 Å². The average Bonchev–Trinajstić information content (AvgIpc) is 3.10. The summed E-state index contributed by atoms with van der Waals surface area (Å²) in [7, 11) is -3.92. The first kappa shape index (κ1) is 29.0. The van der Waals surface area contributed by atoms with Gasteiger partial charge >= 0.3 is 11.8 Å². The molecule has 0 saturated carbocycles. The van der Waals surface area contributed by atoms with Gasteiger partial charge in [0.25, 0.3) is 10.0 Å². The van der Waals surface area contributed by atoms with E-state index in [1.165, 1.54) is 28.0 Å². The standard InChI is InChI=1S/C25H34N4O5S3/c1-16-10-12-19(13-11-16)37(32,33)28-21-20-22(36-18(3)17(2)29(20)23(30)27-21)35-15-9-7-8-14-26-24(31)34-25(4,5)6/h10-13H,7-9,14-15H2,1-6H3,(H,26,31)(H,27,28,30). The number of anilines is 1. The van der Waals surface area contributed by atoms with Crippen LogP contribution in [0, 0.1) is 20.8 Å². The van der Waals surface area contributed by atoms with Crippen molar-refractivity contribution in [2.24, 2.45) is 0 Å². The Morgan fingerprint density at radius 3 is 2.43 bits per heavy atom. The number of imidazole rings is 1. The number of rotatable bonds is 10. The molecule has 2 aliphatic rings. The van der Waals surface area contributed by atoms with Crippen LogP contribution in [0.25, 0.3) is 5.69 Å². The van der Waals surface area contributed by atoms with Crippen LogP contribution in [0.2, 0.25) is 0 Å². The van der Waals surface area contributed by atoms with E-state index in [4.69, 9.17) is 4.74 Å². The Kier molecular flexibility index (Phi) is 9.30. The molecule has 0 aromatic heterocycles. The summed E-state index contributed by atoms with van der Waals surface area (Å²) in [6.07, 6.45) is 2.17. The van der Waals surface area contributed by atoms with Gasteiger partial charge in [-0.1, -0.05) is 24.1 Å². The van der Waals surface area contributed by atoms with Crippen LogP contribution in [-0.4, -0.2) is 42.0 Å². The van der Waals surface area contributed by atoms with Gasteiger partial charge in [0, 0.05) is 17.1 Å². The number of sulfonamides is 1. The molecule has 0 aliphatic carbocycles. The van der Waals surface area contributed by atoms with E-state index in [0.717, 1.165) is 45.4 Å². The highest BCUT2D eigenvalue weighted by atomic mass is 32.2. The minimum Gasteiger partial charge on any atom is -0.444 e. The number of nitrogens with zero attached hydrogens (tertiary/aromatic N) is 2. The van der Waals surface area contributed by atoms with E-state index in [1.807, 2.05) is 41.5 Å². The summed E-state index contributed by atoms with van der Waals surface area (Å²) < 4.78 is 36.1. The number of aromatic nitrogens is 2. The summed E-state index contributed by atoms with van der Waals surface area (Å²) in [6.45, 7) is 11.6. The number of fused-ring (bicyclic) bond motifs is 1. The van der Waals surface area contributed by atoms with Crippen molar-refractivity contribution in [2.75, 3.05) is 17.0 Å². The van der Waals surface area contributed by atoms with E-state index >= 15 is 0 Å². The number of nitrogens with one attached hydrogen (secondary N) is 2. The van der Waals surface area contributed by atoms with Gasteiger partial charge in [-0.2, -0.15) is 4.98 Å². The highest BCUT2D eigenvalue weighted by Gasteiger charge is 2.26. The van der Waals surface area contributed by atoms with Gasteiger partial charge in [-0.25, -0.2) is 18.0 Å². The number of thioether (sulfide) groups is 1. The molecule has 2 N–H and O–H groups in total. The van der Waals surface area contributed by atoms with Crippen molar-refractivity contribution in [2.45, 2.75) is 75.5 Å². The number of ether oxygens (including phenoxy) is 1. The Morgan fingerprint density at radius 2 is 1.78 bits per heavy atom. The fourth-order valence-electron chi connectivity index (χ4n) is 3.46. The van der Waals surface area contributed by atoms with Crippen molar-refractivity contribution < 1.29 is 17.9 Å². The zero-order chi connectivity index (χ0) is 27.4. The Balaban J connectivity index is 1.69. The van der Waals surface area contributed by atoms with Crippen molar-refractivity contribution in [1.82, 2.24) is 14.9 Å². The van der Waals surface area contributed by atoms with E-state index in [9.17, 15) is 18.0 Å². The summed E-state index contributed by atoms with van der Waals surface area (Å²) in [4.78, 5) is 29.6. The third-order valence-electron chi connectivity index (χ3n) is 5.42. The fourth-order valence-corrected chi connectivity index (χ4v) is 6.99. The van der Waals surface area contributed by atoms with Gasteiger partial charge in [-0.3, -0.25) is 9.29 Å². The van der Waals surface area contributed by atoms with Gasteiger partial charge < -0.3 is 10.1 Å². The second-order valence-electron chi connectivity index (χ2n) is 9.71. The Hall–Kier alpha value is -2.57. The number of aryl methyl sites for hydroxylation is 2. The minimum atomic E-state index is -3.92. The lowest BCUT2D eigenvalue weighted by Crippen LogP contribution is -2.32. The zero-order valence-electron chi connectivity index (χ0n) is 22.0. The van der Waals surface area contributed by atoms with Gasteiger partial charge in [-0.15, -0.1) is 23.1 Å². The molecule has 0 atom stereocenters. The van der Waals surface area contributed by atoms with Crippen LogP contribution in [0.1, 0.15) is 56.2 Å². The molecule has 12 heteroatoms. The van der Waals surface area contributed by atoms with E-state index in [2.05, 4.69) is 15.0 Å². The molecule has 1 aromatic carbocycles. The monoisotopic (exact) mass is 566 g/mol. The molecule has 1 aromatic rings. The molecular formula is C25H34N4O5S3. The van der Waals surface area contributed by atoms with E-state index < -0.39 is 27.4 Å². The number of alkyl carbamates (subject to hydrolysis) is 1. The first-order valence-corrected chi connectivity index (χ1v) is 15.3. The number of hydrogen-bond donors (Lipinski definition) is 2. The molecule has 0 bridgehead atoms. The molecule has 0 spiro atoms. The molecule has 0 saturated heterocycles. The molecule has 0 fully saturated rings. The van der Waals surface area contributed by atoms with Crippen LogP contribution in [0.3, 0.4) is 0 Å². The smallest absolute Gasteiger partial charge is 0.407 e. The third-order valence-corrected chi connectivity index (χ3v) is 9.30. The lowest BCUT2D eigenvalue weighted by atomic mass is 10.2. The summed E-state index contributed by atoms with van der Waals surface area (Å²) >= 11 is 3.09. The van der Waals surface area contributed by atoms with Crippen molar-refractivity contribution in [3.63, 3.8) is 0 Å². The fraction of sp³-hybridized carbons (Fsp3) is 0.480. The molecule has 0 radical (unpaired) electrons. The van der Waals surface area contributed by atoms with Gasteiger partial charge in [-0.05, 0) is 72.3 Å². The number of amides is 1. The van der Waals surface area contributed by atoms with Gasteiger partial charge in [0.2, 0.25) is 0 Å². The molecule has 2 heterocycles. The largest absolute Gasteiger partial charge is 0.444 e. The summed E-state index contributed by atoms with van der Waals surface area (Å²) in [6, 6.07) is 6.50. The number of unbranched alkanes of at least 4 members (excludes halogenated alkanes) is 2. The summed E-state index contributed by atoms with van der Waals surface area (Å²) in [5.41, 5.74) is 1.12. The molecule has 3 rings (SSSR count). The second-order valence-corrected chi connectivity index (χ2v) is 14.0. The van der Waals surface area contributed by atoms with Gasteiger partial charge in [0.05, 0.1) is 9.10 Å². The first-order valence-electron chi connectivity index (χ1n) is 12.0. The van der Waals surface area contributed by atoms with Crippen molar-refractivity contribution in [1.29, 1.82) is 0 Å². The van der Waals surface area contributed by atoms with E-state index in [1.54, 1.807) is 23.9 Å². The number of hydrogen-bond acceptors (Lipinski definition) is 8. The number of carbonyl (C=O) groups is 1. The first-order chi connectivity index (χ1) is 17.3. The SMILES string of the molecule is Cc1ccc(S(=O)(=O)Nc2nc(=O)n3c(C)c(C)sc(SCCCCCNC(=O)OC(C)(C)C)c2-3)cc1. The molecular weight excluding hydrogens is 532 g/mol. The second kappa shape index (κ2) is 11.9. The van der Waals surface area contributed by atoms with Gasteiger partial charge in [0.1, 0.15) is 11.3 Å². The van der Waals surface area contributed by atoms with Crippen molar-refractivity contribution in [3.05, 3.63) is 50.9 Å². The van der Waals surface area contributed by atoms with E-state index in [0.29, 0.717) is 12.2 Å². The third kappa shape index (κ3) is 7.71. The molecule has 9 nitrogen and oxygen atoms in total. The van der Waals surface area contributed by atoms with E-state index in [-0.39, 0.29) is 10.7 Å². The minimum absolute atomic E-state index is 0.0361. The van der Waals surface area contributed by atoms with Crippen LogP contribution in [0.15, 0.2) is 38.2 Å². The van der Waals surface area contributed by atoms with Gasteiger partial charge in [0.15, 0.2) is 5.82 Å². The highest BCUT2D eigenvalue weighted by Crippen LogP contribution is 2.38. The Morgan fingerprint density at radius 1 is 1.11 bits per heavy atom.